The lowest BCUT2D eigenvalue weighted by Crippen LogP contribution is -2.47. The molecule has 0 saturated carbocycles. The van der Waals surface area contributed by atoms with Crippen LogP contribution in [0.15, 0.2) is 0 Å². The summed E-state index contributed by atoms with van der Waals surface area (Å²) in [5.41, 5.74) is 5.20. The van der Waals surface area contributed by atoms with Gasteiger partial charge in [0.1, 0.15) is 12.1 Å². The molecule has 9 nitrogen and oxygen atoms in total. The smallest absolute Gasteiger partial charge is 0.413 e. The van der Waals surface area contributed by atoms with Crippen molar-refractivity contribution in [1.29, 1.82) is 0 Å². The molecule has 0 saturated heterocycles. The van der Waals surface area contributed by atoms with Crippen molar-refractivity contribution in [1.82, 2.24) is 10.2 Å². The average Bonchev–Trinajstić information content (AvgIpc) is 2.33. The highest BCUT2D eigenvalue weighted by Gasteiger charge is 2.23. The molecule has 0 aromatic carbocycles. The van der Waals surface area contributed by atoms with Crippen LogP contribution in [0.25, 0.3) is 0 Å². The fourth-order valence-corrected chi connectivity index (χ4v) is 1.07. The molecule has 0 rings (SSSR count). The first-order valence-corrected chi connectivity index (χ1v) is 5.28. The summed E-state index contributed by atoms with van der Waals surface area (Å²) in [6.45, 7) is 3.31. The minimum absolute atomic E-state index is 0.100. The number of nitrogens with one attached hydrogen (secondary N) is 1. The molecule has 0 spiro atoms. The monoisotopic (exact) mass is 274 g/mol. The molecule has 5 N–H and O–H groups in total. The molecule has 0 aromatic heterocycles. The highest BCUT2D eigenvalue weighted by Crippen LogP contribution is 1.97. The minimum Gasteiger partial charge on any atom is -0.480 e. The van der Waals surface area contributed by atoms with E-state index in [1.165, 1.54) is 0 Å². The van der Waals surface area contributed by atoms with Gasteiger partial charge in [0, 0.05) is 13.5 Å². The van der Waals surface area contributed by atoms with E-state index < -0.39 is 36.0 Å². The van der Waals surface area contributed by atoms with Crippen LogP contribution in [-0.2, 0) is 14.4 Å². The summed E-state index contributed by atoms with van der Waals surface area (Å²) in [4.78, 5) is 44.1. The molecule has 3 amide bonds. The number of aliphatic carboxylic acids is 1. The van der Waals surface area contributed by atoms with E-state index in [4.69, 9.17) is 15.9 Å². The van der Waals surface area contributed by atoms with Crippen molar-refractivity contribution in [2.45, 2.75) is 24.9 Å². The first kappa shape index (κ1) is 16.8. The van der Waals surface area contributed by atoms with Crippen LogP contribution < -0.4 is 11.1 Å². The Balaban J connectivity index is 4.23. The molecule has 0 heterocycles. The van der Waals surface area contributed by atoms with Crippen molar-refractivity contribution in [2.24, 2.45) is 5.73 Å². The van der Waals surface area contributed by atoms with Crippen LogP contribution in [0.3, 0.4) is 0 Å². The van der Waals surface area contributed by atoms with Crippen LogP contribution in [-0.4, -0.2) is 58.1 Å². The minimum atomic E-state index is -1.47. The molecule has 9 heteroatoms. The molecule has 0 bridgehead atoms. The Labute approximate surface area is 109 Å². The number of carboxylic acids is 1. The summed E-state index contributed by atoms with van der Waals surface area (Å²) < 4.78 is 0. The molecule has 0 aliphatic carbocycles. The maximum absolute atomic E-state index is 11.4. The van der Waals surface area contributed by atoms with Gasteiger partial charge >= 0.3 is 12.1 Å². The van der Waals surface area contributed by atoms with Crippen molar-refractivity contribution in [3.63, 3.8) is 0 Å². The number of likely N-dealkylation sites (N-methyl/N-ethyl adjacent to an activating group) is 1. The molecular weight excluding hydrogens is 258 g/mol. The summed E-state index contributed by atoms with van der Waals surface area (Å²) in [6.07, 6.45) is -1.78. The van der Waals surface area contributed by atoms with Crippen molar-refractivity contribution in [3.8, 4) is 0 Å². The SMILES string of the molecule is [CH2]C(NC(=O)CCC(N)C(=O)O)C(=O)N(C)C(=O)O. The van der Waals surface area contributed by atoms with Crippen LogP contribution in [0.1, 0.15) is 12.8 Å². The highest BCUT2D eigenvalue weighted by molar-refractivity contribution is 5.96. The Kier molecular flexibility index (Phi) is 6.48. The lowest BCUT2D eigenvalue weighted by molar-refractivity contribution is -0.139. The summed E-state index contributed by atoms with van der Waals surface area (Å²) >= 11 is 0. The fourth-order valence-electron chi connectivity index (χ4n) is 1.07. The predicted octanol–water partition coefficient (Wildman–Crippen LogP) is -1.37. The van der Waals surface area contributed by atoms with Gasteiger partial charge in [-0.1, -0.05) is 0 Å². The molecule has 1 radical (unpaired) electrons. The second-order valence-electron chi connectivity index (χ2n) is 3.78. The predicted molar refractivity (Wildman–Crippen MR) is 62.9 cm³/mol. The molecule has 0 aliphatic rings. The number of imide groups is 1. The zero-order valence-electron chi connectivity index (χ0n) is 10.3. The van der Waals surface area contributed by atoms with Crippen LogP contribution in [0.5, 0.6) is 0 Å². The van der Waals surface area contributed by atoms with Crippen molar-refractivity contribution in [2.75, 3.05) is 7.05 Å². The Hall–Kier alpha value is -2.16. The molecule has 2 unspecified atom stereocenters. The van der Waals surface area contributed by atoms with E-state index in [2.05, 4.69) is 12.2 Å². The average molecular weight is 274 g/mol. The number of hydrogen-bond acceptors (Lipinski definition) is 5. The number of carbonyl (C=O) groups excluding carboxylic acids is 2. The lowest BCUT2D eigenvalue weighted by atomic mass is 10.1. The standard InChI is InChI=1S/C10H16N3O6/c1-5(8(15)13(2)10(18)19)12-7(14)4-3-6(11)9(16)17/h5-6H,1,3-4,11H2,2H3,(H,12,14)(H,16,17)(H,18,19). The van der Waals surface area contributed by atoms with Gasteiger partial charge in [-0.3, -0.25) is 14.4 Å². The highest BCUT2D eigenvalue weighted by atomic mass is 16.4. The molecule has 2 atom stereocenters. The molecular formula is C10H16N3O6. The maximum Gasteiger partial charge on any atom is 0.413 e. The third-order valence-corrected chi connectivity index (χ3v) is 2.25. The van der Waals surface area contributed by atoms with E-state index in [-0.39, 0.29) is 12.8 Å². The Morgan fingerprint density at radius 2 is 1.84 bits per heavy atom. The lowest BCUT2D eigenvalue weighted by Gasteiger charge is -2.18. The van der Waals surface area contributed by atoms with Gasteiger partial charge in [-0.05, 0) is 13.3 Å². The zero-order chi connectivity index (χ0) is 15.2. The summed E-state index contributed by atoms with van der Waals surface area (Å²) in [5.74, 6) is -2.77. The van der Waals surface area contributed by atoms with E-state index in [0.717, 1.165) is 7.05 Å². The van der Waals surface area contributed by atoms with Gasteiger partial charge in [0.05, 0.1) is 0 Å². The third kappa shape index (κ3) is 5.82. The quantitative estimate of drug-likeness (QED) is 0.466. The van der Waals surface area contributed by atoms with Crippen LogP contribution in [0.2, 0.25) is 0 Å². The normalized spacial score (nSPS) is 13.2. The molecule has 0 aromatic rings. The number of hydrogen-bond donors (Lipinski definition) is 4. The molecule has 0 aliphatic heterocycles. The number of amides is 3. The second-order valence-corrected chi connectivity index (χ2v) is 3.78. The van der Waals surface area contributed by atoms with Gasteiger partial charge in [-0.2, -0.15) is 0 Å². The van der Waals surface area contributed by atoms with Gasteiger partial charge in [0.2, 0.25) is 5.91 Å². The number of nitrogens with zero attached hydrogens (tertiary/aromatic N) is 1. The topological polar surface area (TPSA) is 150 Å². The van der Waals surface area contributed by atoms with E-state index in [9.17, 15) is 19.2 Å². The largest absolute Gasteiger partial charge is 0.480 e. The molecule has 107 valence electrons. The number of rotatable bonds is 6. The molecule has 0 fully saturated rings. The van der Waals surface area contributed by atoms with Crippen LogP contribution >= 0.6 is 0 Å². The summed E-state index contributed by atoms with van der Waals surface area (Å²) in [5, 5.41) is 19.2. The third-order valence-electron chi connectivity index (χ3n) is 2.25. The van der Waals surface area contributed by atoms with Crippen LogP contribution in [0, 0.1) is 6.92 Å². The van der Waals surface area contributed by atoms with Gasteiger partial charge in [-0.25, -0.2) is 9.69 Å². The van der Waals surface area contributed by atoms with Crippen molar-refractivity contribution in [3.05, 3.63) is 6.92 Å². The number of carbonyl (C=O) groups is 4. The number of nitrogens with two attached hydrogens (primary N) is 1. The van der Waals surface area contributed by atoms with Gasteiger partial charge in [-0.15, -0.1) is 0 Å². The Bertz CT molecular complexity index is 383. The summed E-state index contributed by atoms with van der Waals surface area (Å²) in [6, 6.07) is -2.44. The second kappa shape index (κ2) is 7.31. The first-order chi connectivity index (χ1) is 8.66. The van der Waals surface area contributed by atoms with Gasteiger partial charge < -0.3 is 21.3 Å². The van der Waals surface area contributed by atoms with E-state index >= 15 is 0 Å². The van der Waals surface area contributed by atoms with Gasteiger partial charge in [0.25, 0.3) is 5.91 Å². The zero-order valence-corrected chi connectivity index (χ0v) is 10.3. The molecule has 19 heavy (non-hydrogen) atoms. The van der Waals surface area contributed by atoms with E-state index in [1.54, 1.807) is 0 Å². The Morgan fingerprint density at radius 1 is 1.32 bits per heavy atom. The maximum atomic E-state index is 11.4. The van der Waals surface area contributed by atoms with Crippen molar-refractivity contribution >= 4 is 23.9 Å². The fraction of sp³-hybridized carbons (Fsp3) is 0.500. The number of carboxylic acid groups (broad SMARTS) is 2. The van der Waals surface area contributed by atoms with Crippen LogP contribution in [0.4, 0.5) is 4.79 Å². The van der Waals surface area contributed by atoms with E-state index in [1.807, 2.05) is 0 Å². The van der Waals surface area contributed by atoms with Gasteiger partial charge in [0.15, 0.2) is 0 Å². The first-order valence-electron chi connectivity index (χ1n) is 5.28. The Morgan fingerprint density at radius 3 is 2.26 bits per heavy atom. The summed E-state index contributed by atoms with van der Waals surface area (Å²) in [7, 11) is 1.02. The van der Waals surface area contributed by atoms with Crippen molar-refractivity contribution < 1.29 is 29.4 Å². The van der Waals surface area contributed by atoms with E-state index in [0.29, 0.717) is 4.90 Å².